The number of hydrogen-bond acceptors (Lipinski definition) is 1. The number of rotatable bonds is 2. The molecule has 0 atom stereocenters. The Morgan fingerprint density at radius 3 is 2.73 bits per heavy atom. The predicted octanol–water partition coefficient (Wildman–Crippen LogP) is 3.62. The van der Waals surface area contributed by atoms with Crippen LogP contribution in [0, 0.1) is 6.92 Å². The number of aryl methyl sites for hydroxylation is 2. The van der Waals surface area contributed by atoms with E-state index in [1.807, 2.05) is 20.0 Å². The van der Waals surface area contributed by atoms with E-state index in [1.54, 1.807) is 0 Å². The van der Waals surface area contributed by atoms with Crippen molar-refractivity contribution >= 4 is 5.65 Å². The van der Waals surface area contributed by atoms with E-state index in [0.717, 1.165) is 12.1 Å². The Balaban J connectivity index is 0.000000531. The molecule has 0 amide bonds. The molecular formula is C13H20N2. The smallest absolute Gasteiger partial charge is 0.137 e. The molecule has 0 spiro atoms. The molecule has 2 aromatic rings. The van der Waals surface area contributed by atoms with Crippen LogP contribution >= 0.6 is 0 Å². The minimum Gasteiger partial charge on any atom is -0.304 e. The second-order valence-electron chi connectivity index (χ2n) is 3.41. The van der Waals surface area contributed by atoms with Crippen LogP contribution in [0.25, 0.3) is 5.65 Å². The van der Waals surface area contributed by atoms with Crippen molar-refractivity contribution in [1.82, 2.24) is 9.38 Å². The maximum absolute atomic E-state index is 4.32. The summed E-state index contributed by atoms with van der Waals surface area (Å²) in [4.78, 5) is 4.32. The molecule has 0 aliphatic heterocycles. The molecular weight excluding hydrogens is 184 g/mol. The van der Waals surface area contributed by atoms with E-state index in [-0.39, 0.29) is 0 Å². The lowest BCUT2D eigenvalue weighted by molar-refractivity contribution is 0.916. The van der Waals surface area contributed by atoms with Crippen LogP contribution in [-0.2, 0) is 6.42 Å². The van der Waals surface area contributed by atoms with Gasteiger partial charge in [0.15, 0.2) is 0 Å². The SMILES string of the molecule is CC.CCCc1ccn2c(C)cnc2c1. The second-order valence-corrected chi connectivity index (χ2v) is 3.41. The van der Waals surface area contributed by atoms with Crippen LogP contribution in [0.2, 0.25) is 0 Å². The average molecular weight is 204 g/mol. The van der Waals surface area contributed by atoms with Crippen molar-refractivity contribution < 1.29 is 0 Å². The summed E-state index contributed by atoms with van der Waals surface area (Å²) in [6, 6.07) is 4.34. The molecule has 0 saturated carbocycles. The summed E-state index contributed by atoms with van der Waals surface area (Å²) in [5.41, 5.74) is 3.63. The summed E-state index contributed by atoms with van der Waals surface area (Å²) in [5, 5.41) is 0. The van der Waals surface area contributed by atoms with E-state index in [0.29, 0.717) is 0 Å². The summed E-state index contributed by atoms with van der Waals surface area (Å²) in [5.74, 6) is 0. The van der Waals surface area contributed by atoms with E-state index in [9.17, 15) is 0 Å². The number of nitrogens with zero attached hydrogens (tertiary/aromatic N) is 2. The van der Waals surface area contributed by atoms with Crippen LogP contribution in [0.15, 0.2) is 24.5 Å². The molecule has 0 radical (unpaired) electrons. The monoisotopic (exact) mass is 204 g/mol. The first kappa shape index (κ1) is 11.8. The maximum atomic E-state index is 4.32. The molecule has 0 fully saturated rings. The number of hydrogen-bond donors (Lipinski definition) is 0. The van der Waals surface area contributed by atoms with Crippen molar-refractivity contribution in [3.63, 3.8) is 0 Å². The van der Waals surface area contributed by atoms with Crippen molar-refractivity contribution in [3.8, 4) is 0 Å². The van der Waals surface area contributed by atoms with Gasteiger partial charge in [0.25, 0.3) is 0 Å². The van der Waals surface area contributed by atoms with Crippen LogP contribution in [0.1, 0.15) is 38.4 Å². The standard InChI is InChI=1S/C11H14N2.C2H6/c1-3-4-10-5-6-13-9(2)8-12-11(13)7-10;1-2/h5-8H,3-4H2,1-2H3;1-2H3. The molecule has 0 aromatic carbocycles. The lowest BCUT2D eigenvalue weighted by Gasteiger charge is -2.00. The fraction of sp³-hybridized carbons (Fsp3) is 0.462. The molecule has 2 heteroatoms. The van der Waals surface area contributed by atoms with Crippen LogP contribution < -0.4 is 0 Å². The fourth-order valence-electron chi connectivity index (χ4n) is 1.59. The van der Waals surface area contributed by atoms with Gasteiger partial charge in [-0.3, -0.25) is 0 Å². The Morgan fingerprint density at radius 2 is 2.07 bits per heavy atom. The van der Waals surface area contributed by atoms with Crippen molar-refractivity contribution in [2.24, 2.45) is 0 Å². The summed E-state index contributed by atoms with van der Waals surface area (Å²) in [6.07, 6.45) is 6.34. The van der Waals surface area contributed by atoms with Gasteiger partial charge in [0, 0.05) is 18.1 Å². The van der Waals surface area contributed by atoms with Crippen LogP contribution in [0.4, 0.5) is 0 Å². The molecule has 0 aliphatic carbocycles. The molecule has 0 aliphatic rings. The van der Waals surface area contributed by atoms with Crippen LogP contribution in [0.3, 0.4) is 0 Å². The molecule has 0 bridgehead atoms. The lowest BCUT2D eigenvalue weighted by atomic mass is 10.1. The van der Waals surface area contributed by atoms with Crippen molar-refractivity contribution in [2.75, 3.05) is 0 Å². The van der Waals surface area contributed by atoms with Gasteiger partial charge in [0.05, 0.1) is 0 Å². The highest BCUT2D eigenvalue weighted by molar-refractivity contribution is 5.43. The average Bonchev–Trinajstić information content (AvgIpc) is 2.64. The topological polar surface area (TPSA) is 17.3 Å². The zero-order valence-electron chi connectivity index (χ0n) is 10.1. The Hall–Kier alpha value is -1.31. The molecule has 0 saturated heterocycles. The van der Waals surface area contributed by atoms with Gasteiger partial charge in [-0.2, -0.15) is 0 Å². The zero-order chi connectivity index (χ0) is 11.3. The van der Waals surface area contributed by atoms with Gasteiger partial charge >= 0.3 is 0 Å². The van der Waals surface area contributed by atoms with Gasteiger partial charge in [0.1, 0.15) is 5.65 Å². The van der Waals surface area contributed by atoms with Gasteiger partial charge in [-0.15, -0.1) is 0 Å². The van der Waals surface area contributed by atoms with E-state index in [1.165, 1.54) is 17.7 Å². The summed E-state index contributed by atoms with van der Waals surface area (Å²) < 4.78 is 2.11. The molecule has 0 unspecified atom stereocenters. The van der Waals surface area contributed by atoms with E-state index < -0.39 is 0 Å². The highest BCUT2D eigenvalue weighted by Crippen LogP contribution is 2.09. The molecule has 2 rings (SSSR count). The van der Waals surface area contributed by atoms with E-state index in [4.69, 9.17) is 0 Å². The summed E-state index contributed by atoms with van der Waals surface area (Å²) in [6.45, 7) is 8.26. The maximum Gasteiger partial charge on any atom is 0.137 e. The number of fused-ring (bicyclic) bond motifs is 1. The zero-order valence-corrected chi connectivity index (χ0v) is 10.1. The van der Waals surface area contributed by atoms with E-state index >= 15 is 0 Å². The first-order valence-electron chi connectivity index (χ1n) is 5.74. The van der Waals surface area contributed by atoms with Crippen LogP contribution in [0.5, 0.6) is 0 Å². The Labute approximate surface area is 92.0 Å². The normalized spacial score (nSPS) is 9.87. The molecule has 2 aromatic heterocycles. The Morgan fingerprint density at radius 1 is 1.33 bits per heavy atom. The largest absolute Gasteiger partial charge is 0.304 e. The molecule has 82 valence electrons. The van der Waals surface area contributed by atoms with Gasteiger partial charge in [-0.05, 0) is 31.0 Å². The summed E-state index contributed by atoms with van der Waals surface area (Å²) in [7, 11) is 0. The molecule has 2 nitrogen and oxygen atoms in total. The third-order valence-electron chi connectivity index (χ3n) is 2.30. The predicted molar refractivity (Wildman–Crippen MR) is 65.3 cm³/mol. The molecule has 15 heavy (non-hydrogen) atoms. The van der Waals surface area contributed by atoms with Crippen molar-refractivity contribution in [3.05, 3.63) is 35.8 Å². The first-order valence-corrected chi connectivity index (χ1v) is 5.74. The second kappa shape index (κ2) is 5.54. The molecule has 0 N–H and O–H groups in total. The lowest BCUT2D eigenvalue weighted by Crippen LogP contribution is -1.89. The Bertz CT molecular complexity index is 415. The fourth-order valence-corrected chi connectivity index (χ4v) is 1.59. The first-order chi connectivity index (χ1) is 7.31. The van der Waals surface area contributed by atoms with Gasteiger partial charge in [0.2, 0.25) is 0 Å². The summed E-state index contributed by atoms with van der Waals surface area (Å²) >= 11 is 0. The number of imidazole rings is 1. The Kier molecular flexibility index (Phi) is 4.35. The number of pyridine rings is 1. The van der Waals surface area contributed by atoms with Crippen LogP contribution in [-0.4, -0.2) is 9.38 Å². The minimum atomic E-state index is 1.06. The van der Waals surface area contributed by atoms with Crippen molar-refractivity contribution in [1.29, 1.82) is 0 Å². The third kappa shape index (κ3) is 2.58. The highest BCUT2D eigenvalue weighted by Gasteiger charge is 1.98. The van der Waals surface area contributed by atoms with Gasteiger partial charge < -0.3 is 4.40 Å². The third-order valence-corrected chi connectivity index (χ3v) is 2.30. The minimum absolute atomic E-state index is 1.06. The van der Waals surface area contributed by atoms with E-state index in [2.05, 4.69) is 41.6 Å². The number of aromatic nitrogens is 2. The highest BCUT2D eigenvalue weighted by atomic mass is 15.0. The van der Waals surface area contributed by atoms with Gasteiger partial charge in [-0.1, -0.05) is 27.2 Å². The molecule has 2 heterocycles. The van der Waals surface area contributed by atoms with Crippen molar-refractivity contribution in [2.45, 2.75) is 40.5 Å². The van der Waals surface area contributed by atoms with Gasteiger partial charge in [-0.25, -0.2) is 4.98 Å². The quantitative estimate of drug-likeness (QED) is 0.730.